The van der Waals surface area contributed by atoms with Crippen LogP contribution in [-0.4, -0.2) is 13.1 Å². The van der Waals surface area contributed by atoms with Gasteiger partial charge in [0.05, 0.1) is 0 Å². The highest BCUT2D eigenvalue weighted by Gasteiger charge is 2.20. The molecule has 0 fully saturated rings. The van der Waals surface area contributed by atoms with E-state index in [9.17, 15) is 0 Å². The molecule has 1 aliphatic heterocycles. The second-order valence-electron chi connectivity index (χ2n) is 3.97. The predicted molar refractivity (Wildman–Crippen MR) is 65.0 cm³/mol. The van der Waals surface area contributed by atoms with Crippen molar-refractivity contribution in [1.29, 1.82) is 0 Å². The van der Waals surface area contributed by atoms with E-state index in [0.29, 0.717) is 0 Å². The van der Waals surface area contributed by atoms with Crippen LogP contribution in [0.2, 0.25) is 0 Å². The van der Waals surface area contributed by atoms with Gasteiger partial charge in [0.2, 0.25) is 0 Å². The minimum atomic E-state index is 0.211. The summed E-state index contributed by atoms with van der Waals surface area (Å²) in [6.45, 7) is 4.10. The summed E-state index contributed by atoms with van der Waals surface area (Å²) < 4.78 is 0. The zero-order valence-corrected chi connectivity index (χ0v) is 9.19. The molecule has 1 aromatic carbocycles. The zero-order chi connectivity index (χ0) is 10.7. The Morgan fingerprint density at radius 1 is 1.47 bits per heavy atom. The lowest BCUT2D eigenvalue weighted by atomic mass is 9.97. The Labute approximate surface area is 91.4 Å². The summed E-state index contributed by atoms with van der Waals surface area (Å²) in [5.74, 6) is 0. The molecule has 1 unspecified atom stereocenters. The van der Waals surface area contributed by atoms with Crippen LogP contribution in [0.25, 0.3) is 0 Å². The van der Waals surface area contributed by atoms with Gasteiger partial charge in [0.15, 0.2) is 0 Å². The molecule has 0 aliphatic carbocycles. The summed E-state index contributed by atoms with van der Waals surface area (Å²) in [4.78, 5) is 2.39. The van der Waals surface area contributed by atoms with E-state index in [1.165, 1.54) is 11.3 Å². The number of nitrogens with zero attached hydrogens (tertiary/aromatic N) is 1. The van der Waals surface area contributed by atoms with E-state index in [2.05, 4.69) is 48.2 Å². The van der Waals surface area contributed by atoms with Gasteiger partial charge in [-0.15, -0.1) is 0 Å². The van der Waals surface area contributed by atoms with Gasteiger partial charge in [-0.1, -0.05) is 30.4 Å². The first kappa shape index (κ1) is 10.2. The van der Waals surface area contributed by atoms with E-state index in [4.69, 9.17) is 5.73 Å². The van der Waals surface area contributed by atoms with Gasteiger partial charge in [0.25, 0.3) is 0 Å². The SMILES string of the molecule is C/C=C/CN1CCC(N)c2ccccc21. The number of fused-ring (bicyclic) bond motifs is 1. The molecule has 0 spiro atoms. The maximum absolute atomic E-state index is 6.09. The maximum atomic E-state index is 6.09. The normalized spacial score (nSPS) is 20.7. The predicted octanol–water partition coefficient (Wildman–Crippen LogP) is 2.47. The van der Waals surface area contributed by atoms with E-state index >= 15 is 0 Å². The van der Waals surface area contributed by atoms with E-state index in [-0.39, 0.29) is 6.04 Å². The molecule has 0 saturated carbocycles. The molecular formula is C13H18N2. The van der Waals surface area contributed by atoms with Crippen LogP contribution >= 0.6 is 0 Å². The molecule has 1 heterocycles. The monoisotopic (exact) mass is 202 g/mol. The molecule has 2 nitrogen and oxygen atoms in total. The topological polar surface area (TPSA) is 29.3 Å². The number of anilines is 1. The lowest BCUT2D eigenvalue weighted by Gasteiger charge is -2.33. The average Bonchev–Trinajstić information content (AvgIpc) is 2.29. The minimum Gasteiger partial charge on any atom is -0.367 e. The third-order valence-electron chi connectivity index (χ3n) is 2.95. The second-order valence-corrected chi connectivity index (χ2v) is 3.97. The molecule has 1 atom stereocenters. The van der Waals surface area contributed by atoms with Gasteiger partial charge in [0, 0.05) is 24.8 Å². The van der Waals surface area contributed by atoms with E-state index < -0.39 is 0 Å². The summed E-state index contributed by atoms with van der Waals surface area (Å²) >= 11 is 0. The lowest BCUT2D eigenvalue weighted by molar-refractivity contribution is 0.604. The molecule has 80 valence electrons. The Bertz CT molecular complexity index is 357. The Kier molecular flexibility index (Phi) is 3.07. The number of nitrogens with two attached hydrogens (primary N) is 1. The standard InChI is InChI=1S/C13H18N2/c1-2-3-9-15-10-8-12(14)11-6-4-5-7-13(11)15/h2-7,12H,8-10,14H2,1H3/b3-2+. The summed E-state index contributed by atoms with van der Waals surface area (Å²) in [7, 11) is 0. The van der Waals surface area contributed by atoms with Crippen molar-refractivity contribution in [3.63, 3.8) is 0 Å². The summed E-state index contributed by atoms with van der Waals surface area (Å²) in [6, 6.07) is 8.67. The van der Waals surface area contributed by atoms with Crippen molar-refractivity contribution in [2.75, 3.05) is 18.0 Å². The van der Waals surface area contributed by atoms with Crippen LogP contribution in [0.4, 0.5) is 5.69 Å². The quantitative estimate of drug-likeness (QED) is 0.746. The van der Waals surface area contributed by atoms with Gasteiger partial charge in [-0.3, -0.25) is 0 Å². The number of hydrogen-bond donors (Lipinski definition) is 1. The van der Waals surface area contributed by atoms with Crippen molar-refractivity contribution in [1.82, 2.24) is 0 Å². The second kappa shape index (κ2) is 4.49. The van der Waals surface area contributed by atoms with Crippen molar-refractivity contribution >= 4 is 5.69 Å². The highest BCUT2D eigenvalue weighted by molar-refractivity contribution is 5.57. The smallest absolute Gasteiger partial charge is 0.0417 e. The molecule has 1 aromatic rings. The van der Waals surface area contributed by atoms with Crippen molar-refractivity contribution in [2.45, 2.75) is 19.4 Å². The van der Waals surface area contributed by atoms with Crippen LogP contribution in [0.5, 0.6) is 0 Å². The average molecular weight is 202 g/mol. The van der Waals surface area contributed by atoms with Crippen LogP contribution in [0.15, 0.2) is 36.4 Å². The number of benzene rings is 1. The van der Waals surface area contributed by atoms with Gasteiger partial charge in [0.1, 0.15) is 0 Å². The Hall–Kier alpha value is -1.28. The Balaban J connectivity index is 2.27. The molecule has 0 saturated heterocycles. The molecular weight excluding hydrogens is 184 g/mol. The highest BCUT2D eigenvalue weighted by atomic mass is 15.1. The minimum absolute atomic E-state index is 0.211. The highest BCUT2D eigenvalue weighted by Crippen LogP contribution is 2.31. The van der Waals surface area contributed by atoms with Crippen LogP contribution in [0, 0.1) is 0 Å². The van der Waals surface area contributed by atoms with Gasteiger partial charge in [-0.2, -0.15) is 0 Å². The summed E-state index contributed by atoms with van der Waals surface area (Å²) in [6.07, 6.45) is 5.33. The molecule has 0 aromatic heterocycles. The Morgan fingerprint density at radius 2 is 2.27 bits per heavy atom. The number of hydrogen-bond acceptors (Lipinski definition) is 2. The fourth-order valence-electron chi connectivity index (χ4n) is 2.08. The zero-order valence-electron chi connectivity index (χ0n) is 9.19. The molecule has 2 N–H and O–H groups in total. The van der Waals surface area contributed by atoms with Crippen molar-refractivity contribution < 1.29 is 0 Å². The third-order valence-corrected chi connectivity index (χ3v) is 2.95. The van der Waals surface area contributed by atoms with Gasteiger partial charge in [-0.05, 0) is 25.0 Å². The molecule has 2 heteroatoms. The van der Waals surface area contributed by atoms with Crippen LogP contribution < -0.4 is 10.6 Å². The summed E-state index contributed by atoms with van der Waals surface area (Å²) in [5.41, 5.74) is 8.68. The summed E-state index contributed by atoms with van der Waals surface area (Å²) in [5, 5.41) is 0. The first-order chi connectivity index (χ1) is 7.33. The molecule has 2 rings (SSSR count). The fourth-order valence-corrected chi connectivity index (χ4v) is 2.08. The van der Waals surface area contributed by atoms with Crippen LogP contribution in [-0.2, 0) is 0 Å². The molecule has 0 radical (unpaired) electrons. The molecule has 15 heavy (non-hydrogen) atoms. The van der Waals surface area contributed by atoms with Gasteiger partial charge in [-0.25, -0.2) is 0 Å². The van der Waals surface area contributed by atoms with E-state index in [1.54, 1.807) is 0 Å². The largest absolute Gasteiger partial charge is 0.367 e. The van der Waals surface area contributed by atoms with E-state index in [1.807, 2.05) is 0 Å². The van der Waals surface area contributed by atoms with Crippen molar-refractivity contribution in [3.05, 3.63) is 42.0 Å². The number of rotatable bonds is 2. The number of allylic oxidation sites excluding steroid dienone is 1. The Morgan fingerprint density at radius 3 is 3.07 bits per heavy atom. The first-order valence-electron chi connectivity index (χ1n) is 5.53. The molecule has 0 amide bonds. The third kappa shape index (κ3) is 2.05. The van der Waals surface area contributed by atoms with Gasteiger partial charge < -0.3 is 10.6 Å². The number of para-hydroxylation sites is 1. The van der Waals surface area contributed by atoms with Crippen LogP contribution in [0.3, 0.4) is 0 Å². The van der Waals surface area contributed by atoms with Crippen molar-refractivity contribution in [3.8, 4) is 0 Å². The van der Waals surface area contributed by atoms with Crippen molar-refractivity contribution in [2.24, 2.45) is 5.73 Å². The van der Waals surface area contributed by atoms with E-state index in [0.717, 1.165) is 19.5 Å². The maximum Gasteiger partial charge on any atom is 0.0417 e. The van der Waals surface area contributed by atoms with Gasteiger partial charge >= 0.3 is 0 Å². The lowest BCUT2D eigenvalue weighted by Crippen LogP contribution is -2.33. The van der Waals surface area contributed by atoms with Crippen LogP contribution in [0.1, 0.15) is 24.9 Å². The fraction of sp³-hybridized carbons (Fsp3) is 0.385. The molecule has 1 aliphatic rings. The first-order valence-corrected chi connectivity index (χ1v) is 5.53. The molecule has 0 bridgehead atoms.